The highest BCUT2D eigenvalue weighted by Gasteiger charge is 2.27. The van der Waals surface area contributed by atoms with Gasteiger partial charge in [0.1, 0.15) is 17.1 Å². The van der Waals surface area contributed by atoms with Crippen molar-refractivity contribution in [1.82, 2.24) is 19.3 Å². The molecule has 0 spiro atoms. The van der Waals surface area contributed by atoms with Crippen molar-refractivity contribution in [2.24, 2.45) is 0 Å². The van der Waals surface area contributed by atoms with Gasteiger partial charge in [-0.3, -0.25) is 9.78 Å². The summed E-state index contributed by atoms with van der Waals surface area (Å²) in [5.41, 5.74) is 6.85. The number of hydrogen-bond donors (Lipinski definition) is 0. The van der Waals surface area contributed by atoms with Gasteiger partial charge in [0.2, 0.25) is 0 Å². The fourth-order valence-electron chi connectivity index (χ4n) is 4.65. The summed E-state index contributed by atoms with van der Waals surface area (Å²) in [4.78, 5) is 24.4. The van der Waals surface area contributed by atoms with E-state index in [2.05, 4.69) is 29.2 Å². The summed E-state index contributed by atoms with van der Waals surface area (Å²) >= 11 is 0. The molecule has 4 heterocycles. The summed E-state index contributed by atoms with van der Waals surface area (Å²) in [6.07, 6.45) is 5.56. The first-order valence-corrected chi connectivity index (χ1v) is 11.4. The van der Waals surface area contributed by atoms with E-state index >= 15 is 0 Å². The Bertz CT molecular complexity index is 1300. The first kappa shape index (κ1) is 21.2. The maximum atomic E-state index is 13.1. The van der Waals surface area contributed by atoms with Crippen LogP contribution in [0.3, 0.4) is 0 Å². The minimum Gasteiger partial charge on any atom is -0.497 e. The van der Waals surface area contributed by atoms with Gasteiger partial charge in [-0.05, 0) is 73.7 Å². The number of hydrogen-bond acceptors (Lipinski definition) is 4. The van der Waals surface area contributed by atoms with Crippen molar-refractivity contribution in [2.45, 2.75) is 32.6 Å². The molecule has 0 bridgehead atoms. The highest BCUT2D eigenvalue weighted by Crippen LogP contribution is 2.31. The molecule has 3 aromatic heterocycles. The predicted octanol–water partition coefficient (Wildman–Crippen LogP) is 5.04. The molecule has 1 aliphatic heterocycles. The molecular weight excluding hydrogens is 412 g/mol. The number of amides is 1. The second kappa shape index (κ2) is 8.70. The lowest BCUT2D eigenvalue weighted by Gasteiger charge is -2.31. The van der Waals surface area contributed by atoms with Gasteiger partial charge in [0, 0.05) is 42.8 Å². The van der Waals surface area contributed by atoms with Crippen molar-refractivity contribution in [3.05, 3.63) is 83.6 Å². The first-order valence-electron chi connectivity index (χ1n) is 11.4. The number of fused-ring (bicyclic) bond motifs is 1. The number of nitrogens with zero attached hydrogens (tertiary/aromatic N) is 4. The van der Waals surface area contributed by atoms with Gasteiger partial charge in [0.15, 0.2) is 0 Å². The Labute approximate surface area is 193 Å². The zero-order valence-corrected chi connectivity index (χ0v) is 19.3. The van der Waals surface area contributed by atoms with Gasteiger partial charge in [-0.15, -0.1) is 0 Å². The van der Waals surface area contributed by atoms with Crippen LogP contribution in [0.4, 0.5) is 0 Å². The molecule has 0 saturated carbocycles. The van der Waals surface area contributed by atoms with E-state index in [0.717, 1.165) is 46.8 Å². The molecule has 168 valence electrons. The molecule has 0 atom stereocenters. The number of carbonyl (C=O) groups excluding carboxylic acids is 1. The smallest absolute Gasteiger partial charge is 0.274 e. The van der Waals surface area contributed by atoms with Gasteiger partial charge in [0.25, 0.3) is 5.91 Å². The van der Waals surface area contributed by atoms with Gasteiger partial charge >= 0.3 is 0 Å². The second-order valence-electron chi connectivity index (χ2n) is 8.77. The van der Waals surface area contributed by atoms with Crippen LogP contribution in [0.1, 0.15) is 46.2 Å². The number of imidazole rings is 1. The quantitative estimate of drug-likeness (QED) is 0.446. The summed E-state index contributed by atoms with van der Waals surface area (Å²) in [5.74, 6) is 1.20. The maximum absolute atomic E-state index is 13.1. The number of pyridine rings is 2. The Hall–Kier alpha value is -3.67. The average molecular weight is 441 g/mol. The van der Waals surface area contributed by atoms with Crippen LogP contribution in [0.2, 0.25) is 0 Å². The van der Waals surface area contributed by atoms with Crippen molar-refractivity contribution in [3.63, 3.8) is 0 Å². The molecule has 1 fully saturated rings. The van der Waals surface area contributed by atoms with Crippen LogP contribution in [0.5, 0.6) is 5.75 Å². The first-order chi connectivity index (χ1) is 16.0. The number of methoxy groups -OCH3 is 1. The summed E-state index contributed by atoms with van der Waals surface area (Å²) in [7, 11) is 1.68. The van der Waals surface area contributed by atoms with Crippen LogP contribution in [0.15, 0.2) is 60.9 Å². The number of rotatable bonds is 4. The van der Waals surface area contributed by atoms with Gasteiger partial charge < -0.3 is 14.0 Å². The Morgan fingerprint density at radius 1 is 1.00 bits per heavy atom. The molecule has 0 radical (unpaired) electrons. The van der Waals surface area contributed by atoms with Crippen LogP contribution in [0.25, 0.3) is 16.8 Å². The molecule has 1 aromatic carbocycles. The summed E-state index contributed by atoms with van der Waals surface area (Å²) in [5, 5.41) is 0. The van der Waals surface area contributed by atoms with Crippen molar-refractivity contribution in [2.75, 3.05) is 20.2 Å². The lowest BCUT2D eigenvalue weighted by molar-refractivity contribution is 0.0707. The molecule has 4 aromatic rings. The Morgan fingerprint density at radius 2 is 1.76 bits per heavy atom. The van der Waals surface area contributed by atoms with E-state index in [1.807, 2.05) is 59.8 Å². The predicted molar refractivity (Wildman–Crippen MR) is 129 cm³/mol. The van der Waals surface area contributed by atoms with Crippen LogP contribution in [-0.2, 0) is 0 Å². The van der Waals surface area contributed by atoms with E-state index in [-0.39, 0.29) is 5.91 Å². The number of benzene rings is 1. The second-order valence-corrected chi connectivity index (χ2v) is 8.77. The minimum atomic E-state index is 0.00710. The van der Waals surface area contributed by atoms with E-state index in [4.69, 9.17) is 9.72 Å². The van der Waals surface area contributed by atoms with Crippen LogP contribution >= 0.6 is 0 Å². The van der Waals surface area contributed by atoms with E-state index in [1.54, 1.807) is 7.11 Å². The molecule has 6 nitrogen and oxygen atoms in total. The highest BCUT2D eigenvalue weighted by molar-refractivity contribution is 5.93. The zero-order valence-electron chi connectivity index (χ0n) is 19.3. The Kier molecular flexibility index (Phi) is 5.58. The van der Waals surface area contributed by atoms with Crippen LogP contribution in [0, 0.1) is 13.8 Å². The molecular formula is C27H28N4O2. The van der Waals surface area contributed by atoms with E-state index in [0.29, 0.717) is 24.7 Å². The number of aryl methyl sites for hydroxylation is 2. The molecule has 0 N–H and O–H groups in total. The SMILES string of the molecule is COc1ccc(-c2cc(C)nc(C3CCN(C(=O)c4cn5cccc(C)c5n4)CC3)c2)cc1. The van der Waals surface area contributed by atoms with E-state index < -0.39 is 0 Å². The molecule has 1 amide bonds. The van der Waals surface area contributed by atoms with Gasteiger partial charge in [0.05, 0.1) is 7.11 Å². The molecule has 5 rings (SSSR count). The summed E-state index contributed by atoms with van der Waals surface area (Å²) < 4.78 is 7.20. The van der Waals surface area contributed by atoms with Crippen molar-refractivity contribution < 1.29 is 9.53 Å². The minimum absolute atomic E-state index is 0.00710. The van der Waals surface area contributed by atoms with Gasteiger partial charge in [-0.25, -0.2) is 4.98 Å². The molecule has 0 unspecified atom stereocenters. The number of ether oxygens (including phenoxy) is 1. The van der Waals surface area contributed by atoms with Crippen molar-refractivity contribution >= 4 is 11.6 Å². The average Bonchev–Trinajstić information content (AvgIpc) is 3.29. The standard InChI is InChI=1S/C27H28N4O2/c1-18-5-4-12-31-17-25(29-26(18)31)27(32)30-13-10-21(11-14-30)24-16-22(15-19(2)28-24)20-6-8-23(33-3)9-7-20/h4-9,12,15-17,21H,10-11,13-14H2,1-3H3. The molecule has 1 aliphatic rings. The lowest BCUT2D eigenvalue weighted by Crippen LogP contribution is -2.38. The number of piperidine rings is 1. The van der Waals surface area contributed by atoms with E-state index in [1.165, 1.54) is 5.56 Å². The van der Waals surface area contributed by atoms with Crippen molar-refractivity contribution in [1.29, 1.82) is 0 Å². The van der Waals surface area contributed by atoms with Crippen molar-refractivity contribution in [3.8, 4) is 16.9 Å². The number of aromatic nitrogens is 3. The third kappa shape index (κ3) is 4.21. The number of likely N-dealkylation sites (tertiary alicyclic amines) is 1. The molecule has 1 saturated heterocycles. The summed E-state index contributed by atoms with van der Waals surface area (Å²) in [6.45, 7) is 5.48. The zero-order chi connectivity index (χ0) is 22.9. The third-order valence-electron chi connectivity index (χ3n) is 6.49. The fraction of sp³-hybridized carbons (Fsp3) is 0.296. The lowest BCUT2D eigenvalue weighted by atomic mass is 9.91. The fourth-order valence-corrected chi connectivity index (χ4v) is 4.65. The maximum Gasteiger partial charge on any atom is 0.274 e. The number of carbonyl (C=O) groups is 1. The summed E-state index contributed by atoms with van der Waals surface area (Å²) in [6, 6.07) is 16.4. The topological polar surface area (TPSA) is 59.7 Å². The largest absolute Gasteiger partial charge is 0.497 e. The van der Waals surface area contributed by atoms with Gasteiger partial charge in [-0.1, -0.05) is 18.2 Å². The monoisotopic (exact) mass is 440 g/mol. The Morgan fingerprint density at radius 3 is 2.45 bits per heavy atom. The molecule has 33 heavy (non-hydrogen) atoms. The Balaban J connectivity index is 1.30. The molecule has 0 aliphatic carbocycles. The van der Waals surface area contributed by atoms with Crippen LogP contribution < -0.4 is 4.74 Å². The third-order valence-corrected chi connectivity index (χ3v) is 6.49. The molecule has 6 heteroatoms. The normalized spacial score (nSPS) is 14.6. The van der Waals surface area contributed by atoms with Gasteiger partial charge in [-0.2, -0.15) is 0 Å². The van der Waals surface area contributed by atoms with E-state index in [9.17, 15) is 4.79 Å². The highest BCUT2D eigenvalue weighted by atomic mass is 16.5. The van der Waals surface area contributed by atoms with Crippen LogP contribution in [-0.4, -0.2) is 45.4 Å².